The number of carbonyl (C=O) groups is 1. The van der Waals surface area contributed by atoms with Gasteiger partial charge < -0.3 is 5.32 Å². The van der Waals surface area contributed by atoms with Crippen LogP contribution in [0.5, 0.6) is 0 Å². The Labute approximate surface area is 196 Å². The lowest BCUT2D eigenvalue weighted by Crippen LogP contribution is -2.45. The molecule has 1 saturated heterocycles. The highest BCUT2D eigenvalue weighted by atomic mass is 32.2. The molecule has 4 rings (SSSR count). The van der Waals surface area contributed by atoms with Crippen molar-refractivity contribution in [2.24, 2.45) is 5.92 Å². The normalized spacial score (nSPS) is 17.1. The third-order valence-corrected chi connectivity index (χ3v) is 8.39. The van der Waals surface area contributed by atoms with Crippen LogP contribution in [0.2, 0.25) is 0 Å². The largest absolute Gasteiger partial charge is 0.356 e. The summed E-state index contributed by atoms with van der Waals surface area (Å²) >= 11 is 1.59. The average molecular weight is 489 g/mol. The second-order valence-electron chi connectivity index (χ2n) is 7.91. The van der Waals surface area contributed by atoms with Gasteiger partial charge in [0, 0.05) is 49.4 Å². The standard InChI is InChI=1S/C23H25FN4O3S2/c24-19-5-7-20(8-6-19)33(30,31)28-14-2-3-18(15-28)23(29)26-11-1-4-22-27-21(16-32-22)17-9-12-25-13-10-17/h5-10,12-13,16,18H,1-4,11,14-15H2,(H,26,29). The van der Waals surface area contributed by atoms with E-state index in [0.29, 0.717) is 25.9 Å². The lowest BCUT2D eigenvalue weighted by atomic mass is 9.99. The maximum atomic E-state index is 13.2. The molecule has 1 amide bonds. The van der Waals surface area contributed by atoms with Gasteiger partial charge in [-0.2, -0.15) is 4.31 Å². The molecule has 0 aliphatic carbocycles. The molecule has 3 heterocycles. The molecule has 0 radical (unpaired) electrons. The summed E-state index contributed by atoms with van der Waals surface area (Å²) in [5.74, 6) is -1.02. The molecule has 33 heavy (non-hydrogen) atoms. The summed E-state index contributed by atoms with van der Waals surface area (Å²) < 4.78 is 40.2. The quantitative estimate of drug-likeness (QED) is 0.490. The Balaban J connectivity index is 1.26. The van der Waals surface area contributed by atoms with E-state index in [1.54, 1.807) is 23.7 Å². The molecule has 1 atom stereocenters. The van der Waals surface area contributed by atoms with E-state index in [1.807, 2.05) is 17.5 Å². The zero-order valence-corrected chi connectivity index (χ0v) is 19.6. The molecule has 7 nitrogen and oxygen atoms in total. The summed E-state index contributed by atoms with van der Waals surface area (Å²) in [5.41, 5.74) is 1.95. The molecule has 1 aromatic carbocycles. The molecule has 2 aromatic heterocycles. The summed E-state index contributed by atoms with van der Waals surface area (Å²) in [6, 6.07) is 8.61. The number of hydrogen-bond donors (Lipinski definition) is 1. The number of amides is 1. The van der Waals surface area contributed by atoms with Crippen LogP contribution in [0.1, 0.15) is 24.3 Å². The van der Waals surface area contributed by atoms with Crippen LogP contribution >= 0.6 is 11.3 Å². The molecule has 1 unspecified atom stereocenters. The molecule has 0 spiro atoms. The molecule has 0 bridgehead atoms. The van der Waals surface area contributed by atoms with Crippen molar-refractivity contribution in [3.05, 3.63) is 65.0 Å². The zero-order valence-electron chi connectivity index (χ0n) is 18.0. The number of sulfonamides is 1. The fourth-order valence-corrected chi connectivity index (χ4v) is 6.18. The van der Waals surface area contributed by atoms with Crippen molar-refractivity contribution >= 4 is 27.3 Å². The van der Waals surface area contributed by atoms with Crippen LogP contribution in [0.15, 0.2) is 59.1 Å². The van der Waals surface area contributed by atoms with E-state index < -0.39 is 21.8 Å². The van der Waals surface area contributed by atoms with E-state index in [4.69, 9.17) is 0 Å². The minimum Gasteiger partial charge on any atom is -0.356 e. The van der Waals surface area contributed by atoms with Gasteiger partial charge in [-0.1, -0.05) is 0 Å². The highest BCUT2D eigenvalue weighted by Crippen LogP contribution is 2.24. The first-order valence-corrected chi connectivity index (χ1v) is 13.1. The number of pyridine rings is 1. The van der Waals surface area contributed by atoms with Crippen molar-refractivity contribution in [2.45, 2.75) is 30.6 Å². The average Bonchev–Trinajstić information content (AvgIpc) is 3.32. The van der Waals surface area contributed by atoms with Crippen LogP contribution in [-0.2, 0) is 21.2 Å². The van der Waals surface area contributed by atoms with Crippen LogP contribution in [0.25, 0.3) is 11.3 Å². The second-order valence-corrected chi connectivity index (χ2v) is 10.8. The van der Waals surface area contributed by atoms with Crippen molar-refractivity contribution in [2.75, 3.05) is 19.6 Å². The second kappa shape index (κ2) is 10.5. The lowest BCUT2D eigenvalue weighted by Gasteiger charge is -2.31. The van der Waals surface area contributed by atoms with Crippen LogP contribution < -0.4 is 5.32 Å². The first kappa shape index (κ1) is 23.5. The minimum absolute atomic E-state index is 0.0412. The maximum Gasteiger partial charge on any atom is 0.243 e. The number of thiazole rings is 1. The molecule has 3 aromatic rings. The summed E-state index contributed by atoms with van der Waals surface area (Å²) in [7, 11) is -3.75. The highest BCUT2D eigenvalue weighted by Gasteiger charge is 2.33. The predicted molar refractivity (Wildman–Crippen MR) is 125 cm³/mol. The van der Waals surface area contributed by atoms with E-state index in [2.05, 4.69) is 15.3 Å². The molecule has 174 valence electrons. The van der Waals surface area contributed by atoms with Gasteiger partial charge in [0.1, 0.15) is 5.82 Å². The van der Waals surface area contributed by atoms with E-state index in [9.17, 15) is 17.6 Å². The van der Waals surface area contributed by atoms with Crippen LogP contribution in [0.3, 0.4) is 0 Å². The first-order valence-electron chi connectivity index (χ1n) is 10.8. The van der Waals surface area contributed by atoms with Gasteiger partial charge in [0.2, 0.25) is 15.9 Å². The van der Waals surface area contributed by atoms with Gasteiger partial charge in [-0.25, -0.2) is 17.8 Å². The number of nitrogens with one attached hydrogen (secondary N) is 1. The highest BCUT2D eigenvalue weighted by molar-refractivity contribution is 7.89. The maximum absolute atomic E-state index is 13.2. The fraction of sp³-hybridized carbons (Fsp3) is 0.348. The number of hydrogen-bond acceptors (Lipinski definition) is 6. The van der Waals surface area contributed by atoms with Crippen molar-refractivity contribution in [1.82, 2.24) is 19.6 Å². The number of nitrogens with zero attached hydrogens (tertiary/aromatic N) is 3. The number of rotatable bonds is 8. The third kappa shape index (κ3) is 5.82. The smallest absolute Gasteiger partial charge is 0.243 e. The summed E-state index contributed by atoms with van der Waals surface area (Å²) in [6.45, 7) is 0.991. The third-order valence-electron chi connectivity index (χ3n) is 5.60. The molecule has 0 saturated carbocycles. The molecular weight excluding hydrogens is 463 g/mol. The monoisotopic (exact) mass is 488 g/mol. The Morgan fingerprint density at radius 1 is 1.18 bits per heavy atom. The molecule has 1 N–H and O–H groups in total. The lowest BCUT2D eigenvalue weighted by molar-refractivity contribution is -0.126. The summed E-state index contributed by atoms with van der Waals surface area (Å²) in [4.78, 5) is 21.3. The molecular formula is C23H25FN4O3S2. The first-order chi connectivity index (χ1) is 15.9. The predicted octanol–water partition coefficient (Wildman–Crippen LogP) is 3.49. The molecule has 1 fully saturated rings. The Kier molecular flexibility index (Phi) is 7.46. The molecule has 10 heteroatoms. The van der Waals surface area contributed by atoms with Crippen molar-refractivity contribution in [3.63, 3.8) is 0 Å². The molecule has 1 aliphatic rings. The topological polar surface area (TPSA) is 92.3 Å². The fourth-order valence-electron chi connectivity index (χ4n) is 3.81. The minimum atomic E-state index is -3.75. The SMILES string of the molecule is O=C(NCCCc1nc(-c2ccncc2)cs1)C1CCCN(S(=O)(=O)c2ccc(F)cc2)C1. The Morgan fingerprint density at radius 3 is 2.70 bits per heavy atom. The Hall–Kier alpha value is -2.69. The van der Waals surface area contributed by atoms with Crippen molar-refractivity contribution < 1.29 is 17.6 Å². The van der Waals surface area contributed by atoms with Gasteiger partial charge in [0.05, 0.1) is 21.5 Å². The Morgan fingerprint density at radius 2 is 1.94 bits per heavy atom. The van der Waals surface area contributed by atoms with Gasteiger partial charge in [0.15, 0.2) is 0 Å². The van der Waals surface area contributed by atoms with E-state index in [0.717, 1.165) is 41.2 Å². The number of carbonyl (C=O) groups excluding carboxylic acids is 1. The number of halogens is 1. The van der Waals surface area contributed by atoms with Crippen LogP contribution in [0.4, 0.5) is 4.39 Å². The number of piperidine rings is 1. The summed E-state index contributed by atoms with van der Waals surface area (Å²) in [6.07, 6.45) is 6.23. The molecule has 1 aliphatic heterocycles. The zero-order chi connectivity index (χ0) is 23.3. The summed E-state index contributed by atoms with van der Waals surface area (Å²) in [5, 5.41) is 5.96. The van der Waals surface area contributed by atoms with Gasteiger partial charge in [-0.05, 0) is 55.7 Å². The van der Waals surface area contributed by atoms with Gasteiger partial charge in [-0.3, -0.25) is 9.78 Å². The van der Waals surface area contributed by atoms with Gasteiger partial charge >= 0.3 is 0 Å². The number of aromatic nitrogens is 2. The van der Waals surface area contributed by atoms with Gasteiger partial charge in [0.25, 0.3) is 0 Å². The van der Waals surface area contributed by atoms with E-state index in [-0.39, 0.29) is 17.3 Å². The Bertz CT molecular complexity index is 1180. The van der Waals surface area contributed by atoms with Gasteiger partial charge in [-0.15, -0.1) is 11.3 Å². The van der Waals surface area contributed by atoms with E-state index in [1.165, 1.54) is 16.4 Å². The van der Waals surface area contributed by atoms with Crippen LogP contribution in [0, 0.1) is 11.7 Å². The van der Waals surface area contributed by atoms with Crippen molar-refractivity contribution in [3.8, 4) is 11.3 Å². The number of benzene rings is 1. The van der Waals surface area contributed by atoms with Crippen LogP contribution in [-0.4, -0.2) is 48.2 Å². The number of aryl methyl sites for hydroxylation is 1. The van der Waals surface area contributed by atoms with Crippen molar-refractivity contribution in [1.29, 1.82) is 0 Å². The van der Waals surface area contributed by atoms with E-state index >= 15 is 0 Å².